The predicted molar refractivity (Wildman–Crippen MR) is 59.7 cm³/mol. The molecule has 1 saturated heterocycles. The fraction of sp³-hybridized carbons (Fsp3) is 0.583. The summed E-state index contributed by atoms with van der Waals surface area (Å²) in [6.07, 6.45) is 4.09. The molecule has 1 fully saturated rings. The van der Waals surface area contributed by atoms with Crippen LogP contribution in [0.5, 0.6) is 0 Å². The summed E-state index contributed by atoms with van der Waals surface area (Å²) in [7, 11) is 0. The summed E-state index contributed by atoms with van der Waals surface area (Å²) in [6.45, 7) is 4.75. The van der Waals surface area contributed by atoms with Crippen molar-refractivity contribution in [3.8, 4) is 0 Å². The first-order valence-electron chi connectivity index (χ1n) is 5.58. The van der Waals surface area contributed by atoms with Gasteiger partial charge in [0.2, 0.25) is 0 Å². The van der Waals surface area contributed by atoms with Crippen molar-refractivity contribution in [1.82, 2.24) is 10.3 Å². The first kappa shape index (κ1) is 10.6. The molecule has 0 radical (unpaired) electrons. The lowest BCUT2D eigenvalue weighted by Crippen LogP contribution is -2.34. The highest BCUT2D eigenvalue weighted by Gasteiger charge is 2.13. The third-order valence-corrected chi connectivity index (χ3v) is 2.90. The van der Waals surface area contributed by atoms with Crippen LogP contribution >= 0.6 is 0 Å². The van der Waals surface area contributed by atoms with Crippen LogP contribution in [-0.4, -0.2) is 24.2 Å². The highest BCUT2D eigenvalue weighted by Crippen LogP contribution is 2.08. The van der Waals surface area contributed by atoms with E-state index in [9.17, 15) is 0 Å². The van der Waals surface area contributed by atoms with Crippen LogP contribution in [0.4, 0.5) is 0 Å². The van der Waals surface area contributed by atoms with Gasteiger partial charge in [-0.2, -0.15) is 0 Å². The Labute approximate surface area is 90.9 Å². The summed E-state index contributed by atoms with van der Waals surface area (Å²) >= 11 is 0. The molecule has 2 rings (SSSR count). The van der Waals surface area contributed by atoms with Crippen molar-refractivity contribution < 1.29 is 4.74 Å². The lowest BCUT2D eigenvalue weighted by molar-refractivity contribution is 0.0775. The Kier molecular flexibility index (Phi) is 3.69. The maximum Gasteiger partial charge on any atom is 0.0570 e. The van der Waals surface area contributed by atoms with Gasteiger partial charge < -0.3 is 10.1 Å². The number of aromatic nitrogens is 1. The lowest BCUT2D eigenvalue weighted by atomic mass is 10.1. The molecule has 0 amide bonds. The topological polar surface area (TPSA) is 34.2 Å². The molecule has 3 nitrogen and oxygen atoms in total. The van der Waals surface area contributed by atoms with Crippen molar-refractivity contribution in [2.24, 2.45) is 0 Å². The van der Waals surface area contributed by atoms with Crippen LogP contribution in [-0.2, 0) is 11.3 Å². The first-order valence-corrected chi connectivity index (χ1v) is 5.58. The molecule has 3 heteroatoms. The minimum atomic E-state index is 0.597. The van der Waals surface area contributed by atoms with E-state index in [1.807, 2.05) is 12.3 Å². The number of hydrogen-bond donors (Lipinski definition) is 1. The minimum Gasteiger partial charge on any atom is -0.381 e. The highest BCUT2D eigenvalue weighted by molar-refractivity contribution is 5.17. The van der Waals surface area contributed by atoms with Crippen LogP contribution in [0.25, 0.3) is 0 Å². The van der Waals surface area contributed by atoms with Gasteiger partial charge in [-0.25, -0.2) is 0 Å². The van der Waals surface area contributed by atoms with Crippen LogP contribution in [0, 0.1) is 6.92 Å². The van der Waals surface area contributed by atoms with Crippen LogP contribution < -0.4 is 5.32 Å². The summed E-state index contributed by atoms with van der Waals surface area (Å²) < 4.78 is 5.32. The van der Waals surface area contributed by atoms with E-state index < -0.39 is 0 Å². The summed E-state index contributed by atoms with van der Waals surface area (Å²) in [6, 6.07) is 4.68. The second kappa shape index (κ2) is 5.24. The largest absolute Gasteiger partial charge is 0.381 e. The zero-order valence-corrected chi connectivity index (χ0v) is 9.20. The second-order valence-electron chi connectivity index (χ2n) is 4.03. The van der Waals surface area contributed by atoms with Gasteiger partial charge >= 0.3 is 0 Å². The molecule has 0 spiro atoms. The zero-order chi connectivity index (χ0) is 10.5. The normalized spacial score (nSPS) is 17.9. The van der Waals surface area contributed by atoms with Crippen LogP contribution in [0.15, 0.2) is 18.3 Å². The summed E-state index contributed by atoms with van der Waals surface area (Å²) in [5.74, 6) is 0. The molecule has 0 atom stereocenters. The van der Waals surface area contributed by atoms with Gasteiger partial charge in [0.15, 0.2) is 0 Å². The van der Waals surface area contributed by atoms with Crippen molar-refractivity contribution >= 4 is 0 Å². The summed E-state index contributed by atoms with van der Waals surface area (Å²) in [5, 5.41) is 3.54. The molecule has 1 N–H and O–H groups in total. The van der Waals surface area contributed by atoms with Gasteiger partial charge in [0, 0.05) is 32.0 Å². The monoisotopic (exact) mass is 206 g/mol. The van der Waals surface area contributed by atoms with E-state index in [2.05, 4.69) is 23.3 Å². The Morgan fingerprint density at radius 3 is 3.00 bits per heavy atom. The molecular weight excluding hydrogens is 188 g/mol. The Bertz CT molecular complexity index is 308. The van der Waals surface area contributed by atoms with Crippen LogP contribution in [0.1, 0.15) is 24.1 Å². The van der Waals surface area contributed by atoms with Crippen molar-refractivity contribution in [3.05, 3.63) is 29.6 Å². The fourth-order valence-corrected chi connectivity index (χ4v) is 1.85. The van der Waals surface area contributed by atoms with E-state index >= 15 is 0 Å². The average molecular weight is 206 g/mol. The number of pyridine rings is 1. The third kappa shape index (κ3) is 3.01. The molecule has 1 aromatic heterocycles. The van der Waals surface area contributed by atoms with E-state index in [0.717, 1.165) is 38.3 Å². The molecule has 1 aromatic rings. The van der Waals surface area contributed by atoms with Crippen molar-refractivity contribution in [3.63, 3.8) is 0 Å². The highest BCUT2D eigenvalue weighted by atomic mass is 16.5. The molecular formula is C12H18N2O. The van der Waals surface area contributed by atoms with Gasteiger partial charge in [-0.3, -0.25) is 4.98 Å². The molecule has 0 saturated carbocycles. The lowest BCUT2D eigenvalue weighted by Gasteiger charge is -2.23. The minimum absolute atomic E-state index is 0.597. The van der Waals surface area contributed by atoms with E-state index in [-0.39, 0.29) is 0 Å². The molecule has 1 aliphatic heterocycles. The van der Waals surface area contributed by atoms with Gasteiger partial charge in [-0.1, -0.05) is 6.07 Å². The molecule has 0 bridgehead atoms. The van der Waals surface area contributed by atoms with Crippen molar-refractivity contribution in [1.29, 1.82) is 0 Å². The number of nitrogens with one attached hydrogen (secondary N) is 1. The molecule has 2 heterocycles. The molecule has 0 aliphatic carbocycles. The van der Waals surface area contributed by atoms with E-state index in [1.54, 1.807) is 0 Å². The smallest absolute Gasteiger partial charge is 0.0570 e. The number of rotatable bonds is 3. The summed E-state index contributed by atoms with van der Waals surface area (Å²) in [4.78, 5) is 4.37. The number of hydrogen-bond acceptors (Lipinski definition) is 3. The third-order valence-electron chi connectivity index (χ3n) is 2.90. The van der Waals surface area contributed by atoms with Crippen molar-refractivity contribution in [2.75, 3.05) is 13.2 Å². The average Bonchev–Trinajstić information content (AvgIpc) is 2.29. The van der Waals surface area contributed by atoms with Gasteiger partial charge in [0.25, 0.3) is 0 Å². The molecule has 82 valence electrons. The standard InChI is InChI=1S/C12H18N2O/c1-10-3-2-6-13-12(10)9-14-11-4-7-15-8-5-11/h2-3,6,11,14H,4-5,7-9H2,1H3. The Hall–Kier alpha value is -0.930. The Balaban J connectivity index is 1.84. The van der Waals surface area contributed by atoms with E-state index in [1.165, 1.54) is 5.56 Å². The van der Waals surface area contributed by atoms with Crippen LogP contribution in [0.2, 0.25) is 0 Å². The maximum absolute atomic E-state index is 5.32. The number of nitrogens with zero attached hydrogens (tertiary/aromatic N) is 1. The molecule has 0 aromatic carbocycles. The fourth-order valence-electron chi connectivity index (χ4n) is 1.85. The van der Waals surface area contributed by atoms with E-state index in [0.29, 0.717) is 6.04 Å². The van der Waals surface area contributed by atoms with Crippen molar-refractivity contribution in [2.45, 2.75) is 32.4 Å². The Morgan fingerprint density at radius 2 is 2.27 bits per heavy atom. The first-order chi connectivity index (χ1) is 7.36. The zero-order valence-electron chi connectivity index (χ0n) is 9.20. The maximum atomic E-state index is 5.32. The molecule has 0 unspecified atom stereocenters. The van der Waals surface area contributed by atoms with E-state index in [4.69, 9.17) is 4.74 Å². The number of aryl methyl sites for hydroxylation is 1. The van der Waals surface area contributed by atoms with Gasteiger partial charge in [0.05, 0.1) is 5.69 Å². The molecule has 15 heavy (non-hydrogen) atoms. The van der Waals surface area contributed by atoms with Gasteiger partial charge in [-0.15, -0.1) is 0 Å². The quantitative estimate of drug-likeness (QED) is 0.816. The molecule has 1 aliphatic rings. The summed E-state index contributed by atoms with van der Waals surface area (Å²) in [5.41, 5.74) is 2.42. The van der Waals surface area contributed by atoms with Gasteiger partial charge in [0.1, 0.15) is 0 Å². The SMILES string of the molecule is Cc1cccnc1CNC1CCOCC1. The van der Waals surface area contributed by atoms with Crippen LogP contribution in [0.3, 0.4) is 0 Å². The predicted octanol–water partition coefficient (Wildman–Crippen LogP) is 1.66. The number of ether oxygens (including phenoxy) is 1. The van der Waals surface area contributed by atoms with Gasteiger partial charge in [-0.05, 0) is 31.4 Å². The second-order valence-corrected chi connectivity index (χ2v) is 4.03. The Morgan fingerprint density at radius 1 is 1.47 bits per heavy atom.